The highest BCUT2D eigenvalue weighted by atomic mass is 14.9. The normalized spacial score (nSPS) is 16.6. The number of fused-ring (bicyclic) bond motifs is 3. The maximum absolute atomic E-state index is 4.53. The van der Waals surface area contributed by atoms with Crippen LogP contribution in [0, 0.1) is 0 Å². The second-order valence-corrected chi connectivity index (χ2v) is 3.30. The number of anilines is 1. The fourth-order valence-corrected chi connectivity index (χ4v) is 1.86. The molecule has 2 nitrogen and oxygen atoms in total. The Labute approximate surface area is 76.3 Å². The summed E-state index contributed by atoms with van der Waals surface area (Å²) in [6, 6.07) is 4.25. The molecular weight excluding hydrogens is 160 g/mol. The van der Waals surface area contributed by atoms with E-state index >= 15 is 0 Å². The summed E-state index contributed by atoms with van der Waals surface area (Å²) >= 11 is 0. The van der Waals surface area contributed by atoms with Crippen molar-refractivity contribution >= 4 is 17.8 Å². The second-order valence-electron chi connectivity index (χ2n) is 3.30. The Bertz CT molecular complexity index is 498. The zero-order valence-corrected chi connectivity index (χ0v) is 7.25. The third-order valence-corrected chi connectivity index (χ3v) is 2.49. The molecule has 1 heterocycles. The third-order valence-electron chi connectivity index (χ3n) is 2.49. The standard InChI is InChI=1S/C11H10N2/c1-2-8-4-5-10-11(9(8)3-1)13-7-6-12-10/h1-5,12H,6-7H2. The molecule has 13 heavy (non-hydrogen) atoms. The first-order valence-corrected chi connectivity index (χ1v) is 4.55. The molecule has 2 aliphatic rings. The van der Waals surface area contributed by atoms with Gasteiger partial charge in [0.05, 0.1) is 17.6 Å². The topological polar surface area (TPSA) is 24.4 Å². The van der Waals surface area contributed by atoms with Gasteiger partial charge in [0.25, 0.3) is 0 Å². The summed E-state index contributed by atoms with van der Waals surface area (Å²) < 4.78 is 0. The van der Waals surface area contributed by atoms with Gasteiger partial charge in [-0.2, -0.15) is 0 Å². The van der Waals surface area contributed by atoms with Crippen LogP contribution < -0.4 is 15.9 Å². The van der Waals surface area contributed by atoms with Gasteiger partial charge in [-0.3, -0.25) is 4.99 Å². The molecule has 1 N–H and O–H groups in total. The van der Waals surface area contributed by atoms with E-state index in [0.29, 0.717) is 0 Å². The lowest BCUT2D eigenvalue weighted by Gasteiger charge is -2.11. The van der Waals surface area contributed by atoms with Gasteiger partial charge in [0.2, 0.25) is 0 Å². The molecule has 2 heteroatoms. The van der Waals surface area contributed by atoms with Crippen LogP contribution in [0.2, 0.25) is 0 Å². The zero-order chi connectivity index (χ0) is 8.67. The van der Waals surface area contributed by atoms with Gasteiger partial charge in [0.15, 0.2) is 0 Å². The van der Waals surface area contributed by atoms with Gasteiger partial charge in [-0.25, -0.2) is 0 Å². The van der Waals surface area contributed by atoms with Crippen molar-refractivity contribution < 1.29 is 0 Å². The maximum atomic E-state index is 4.53. The molecule has 0 amide bonds. The molecule has 1 aliphatic carbocycles. The predicted octanol–water partition coefficient (Wildman–Crippen LogP) is 0.539. The molecule has 1 aromatic carbocycles. The van der Waals surface area contributed by atoms with Gasteiger partial charge in [0, 0.05) is 11.8 Å². The number of hydrogen-bond donors (Lipinski definition) is 1. The highest BCUT2D eigenvalue weighted by Gasteiger charge is 2.06. The van der Waals surface area contributed by atoms with Crippen LogP contribution in [0.25, 0.3) is 12.2 Å². The number of allylic oxidation sites excluding steroid dienone is 1. The molecule has 1 aliphatic heterocycles. The third kappa shape index (κ3) is 0.917. The molecule has 3 rings (SSSR count). The highest BCUT2D eigenvalue weighted by Crippen LogP contribution is 2.06. The van der Waals surface area contributed by atoms with Crippen LogP contribution in [0.4, 0.5) is 5.69 Å². The Morgan fingerprint density at radius 2 is 2.31 bits per heavy atom. The molecule has 0 atom stereocenters. The molecule has 0 unspecified atom stereocenters. The van der Waals surface area contributed by atoms with Crippen molar-refractivity contribution in [2.45, 2.75) is 0 Å². The van der Waals surface area contributed by atoms with E-state index in [1.54, 1.807) is 0 Å². The fraction of sp³-hybridized carbons (Fsp3) is 0.182. The van der Waals surface area contributed by atoms with Crippen LogP contribution in [0.3, 0.4) is 0 Å². The second kappa shape index (κ2) is 2.46. The van der Waals surface area contributed by atoms with E-state index in [0.717, 1.165) is 18.4 Å². The van der Waals surface area contributed by atoms with Crippen LogP contribution in [-0.4, -0.2) is 13.1 Å². The van der Waals surface area contributed by atoms with Gasteiger partial charge in [-0.15, -0.1) is 0 Å². The van der Waals surface area contributed by atoms with Gasteiger partial charge >= 0.3 is 0 Å². The summed E-state index contributed by atoms with van der Waals surface area (Å²) in [5.41, 5.74) is 2.45. The van der Waals surface area contributed by atoms with E-state index in [-0.39, 0.29) is 0 Å². The Kier molecular flexibility index (Phi) is 1.30. The van der Waals surface area contributed by atoms with Crippen molar-refractivity contribution in [3.05, 3.63) is 34.3 Å². The van der Waals surface area contributed by atoms with Crippen LogP contribution >= 0.6 is 0 Å². The predicted molar refractivity (Wildman–Crippen MR) is 54.1 cm³/mol. The number of nitrogens with zero attached hydrogens (tertiary/aromatic N) is 1. The first kappa shape index (κ1) is 6.89. The van der Waals surface area contributed by atoms with Crippen LogP contribution in [0.1, 0.15) is 5.56 Å². The first-order valence-electron chi connectivity index (χ1n) is 4.55. The van der Waals surface area contributed by atoms with Crippen molar-refractivity contribution in [3.8, 4) is 0 Å². The minimum absolute atomic E-state index is 0.886. The molecular formula is C11H10N2. The molecule has 0 saturated carbocycles. The first-order chi connectivity index (χ1) is 6.45. The SMILES string of the molecule is C1=Cc2ccc3c(c2=C1)=NCCN3. The zero-order valence-electron chi connectivity index (χ0n) is 7.25. The summed E-state index contributed by atoms with van der Waals surface area (Å²) in [7, 11) is 0. The summed E-state index contributed by atoms with van der Waals surface area (Å²) in [6.45, 7) is 1.84. The van der Waals surface area contributed by atoms with E-state index in [9.17, 15) is 0 Å². The Morgan fingerprint density at radius 3 is 3.31 bits per heavy atom. The van der Waals surface area contributed by atoms with E-state index in [1.165, 1.54) is 16.5 Å². The average molecular weight is 170 g/mol. The monoisotopic (exact) mass is 170 g/mol. The molecule has 0 bridgehead atoms. The highest BCUT2D eigenvalue weighted by molar-refractivity contribution is 5.68. The molecule has 0 spiro atoms. The molecule has 0 aromatic heterocycles. The van der Waals surface area contributed by atoms with Crippen LogP contribution in [-0.2, 0) is 0 Å². The van der Waals surface area contributed by atoms with Crippen molar-refractivity contribution in [2.75, 3.05) is 18.4 Å². The lowest BCUT2D eigenvalue weighted by Crippen LogP contribution is -2.34. The van der Waals surface area contributed by atoms with E-state index < -0.39 is 0 Å². The lowest BCUT2D eigenvalue weighted by molar-refractivity contribution is 0.938. The number of rotatable bonds is 0. The van der Waals surface area contributed by atoms with Gasteiger partial charge in [-0.05, 0) is 11.6 Å². The lowest BCUT2D eigenvalue weighted by atomic mass is 10.1. The quantitative estimate of drug-likeness (QED) is 0.603. The summed E-state index contributed by atoms with van der Waals surface area (Å²) in [4.78, 5) is 4.53. The maximum Gasteiger partial charge on any atom is 0.0884 e. The Balaban J connectivity index is 2.45. The fourth-order valence-electron chi connectivity index (χ4n) is 1.86. The molecule has 1 aromatic rings. The largest absolute Gasteiger partial charge is 0.381 e. The molecule has 0 saturated heterocycles. The average Bonchev–Trinajstić information content (AvgIpc) is 2.65. The van der Waals surface area contributed by atoms with Crippen molar-refractivity contribution in [1.82, 2.24) is 0 Å². The summed E-state index contributed by atoms with van der Waals surface area (Å²) in [5, 5.41) is 5.75. The number of hydrogen-bond acceptors (Lipinski definition) is 2. The van der Waals surface area contributed by atoms with Crippen molar-refractivity contribution in [3.63, 3.8) is 0 Å². The van der Waals surface area contributed by atoms with Gasteiger partial charge < -0.3 is 5.32 Å². The Morgan fingerprint density at radius 1 is 1.31 bits per heavy atom. The van der Waals surface area contributed by atoms with Crippen molar-refractivity contribution in [2.24, 2.45) is 4.99 Å². The number of nitrogens with one attached hydrogen (secondary N) is 1. The molecule has 0 radical (unpaired) electrons. The van der Waals surface area contributed by atoms with Crippen molar-refractivity contribution in [1.29, 1.82) is 0 Å². The van der Waals surface area contributed by atoms with Crippen LogP contribution in [0.15, 0.2) is 23.2 Å². The van der Waals surface area contributed by atoms with E-state index in [2.05, 4.69) is 40.7 Å². The van der Waals surface area contributed by atoms with Gasteiger partial charge in [0.1, 0.15) is 0 Å². The smallest absolute Gasteiger partial charge is 0.0884 e. The Hall–Kier alpha value is -1.57. The minimum atomic E-state index is 0.886. The van der Waals surface area contributed by atoms with E-state index in [4.69, 9.17) is 0 Å². The van der Waals surface area contributed by atoms with Crippen LogP contribution in [0.5, 0.6) is 0 Å². The number of benzene rings is 1. The summed E-state index contributed by atoms with van der Waals surface area (Å²) in [5.74, 6) is 0. The molecule has 64 valence electrons. The summed E-state index contributed by atoms with van der Waals surface area (Å²) in [6.07, 6.45) is 6.33. The van der Waals surface area contributed by atoms with E-state index in [1.807, 2.05) is 0 Å². The van der Waals surface area contributed by atoms with Gasteiger partial charge in [-0.1, -0.05) is 24.3 Å². The molecule has 0 fully saturated rings. The minimum Gasteiger partial charge on any atom is -0.381 e.